The van der Waals surface area contributed by atoms with Crippen molar-refractivity contribution in [2.45, 2.75) is 44.7 Å². The highest BCUT2D eigenvalue weighted by Gasteiger charge is 2.28. The number of ether oxygens (including phenoxy) is 3. The maximum absolute atomic E-state index is 12.3. The summed E-state index contributed by atoms with van der Waals surface area (Å²) in [6, 6.07) is 7.41. The minimum absolute atomic E-state index is 0.0825. The third-order valence-corrected chi connectivity index (χ3v) is 7.03. The van der Waals surface area contributed by atoms with Crippen LogP contribution in [0, 0.1) is 12.8 Å². The number of aromatic nitrogens is 1. The van der Waals surface area contributed by atoms with Gasteiger partial charge in [-0.05, 0) is 69.9 Å². The lowest BCUT2D eigenvalue weighted by Crippen LogP contribution is -2.35. The Labute approximate surface area is 212 Å². The van der Waals surface area contributed by atoms with E-state index < -0.39 is 15.4 Å². The first-order valence-corrected chi connectivity index (χ1v) is 13.8. The fraction of sp³-hybridized carbons (Fsp3) is 0.462. The molecule has 1 fully saturated rings. The molecule has 194 valence electrons. The summed E-state index contributed by atoms with van der Waals surface area (Å²) < 4.78 is 41.0. The van der Waals surface area contributed by atoms with Gasteiger partial charge in [-0.1, -0.05) is 0 Å². The van der Waals surface area contributed by atoms with Crippen molar-refractivity contribution in [3.63, 3.8) is 0 Å². The average molecular weight is 516 g/mol. The van der Waals surface area contributed by atoms with Gasteiger partial charge in [0.1, 0.15) is 23.7 Å². The molecule has 0 aliphatic carbocycles. The largest absolute Gasteiger partial charge is 0.490 e. The molecule has 1 unspecified atom stereocenters. The van der Waals surface area contributed by atoms with Gasteiger partial charge in [-0.3, -0.25) is 0 Å². The maximum atomic E-state index is 12.3. The van der Waals surface area contributed by atoms with Gasteiger partial charge in [0.05, 0.1) is 30.4 Å². The Morgan fingerprint density at radius 2 is 2.00 bits per heavy atom. The molecule has 0 radical (unpaired) electrons. The van der Waals surface area contributed by atoms with Crippen LogP contribution in [0.5, 0.6) is 11.5 Å². The summed E-state index contributed by atoms with van der Waals surface area (Å²) in [4.78, 5) is 20.2. The molecule has 3 heterocycles. The van der Waals surface area contributed by atoms with Gasteiger partial charge < -0.3 is 24.0 Å². The molecule has 36 heavy (non-hydrogen) atoms. The van der Waals surface area contributed by atoms with E-state index >= 15 is 0 Å². The number of sulfone groups is 1. The lowest BCUT2D eigenvalue weighted by molar-refractivity contribution is 0.0291. The third kappa shape index (κ3) is 6.10. The predicted octanol–water partition coefficient (Wildman–Crippen LogP) is 4.47. The number of carbonyl (C=O) groups excluding carboxylic acids is 1. The molecule has 1 atom stereocenters. The van der Waals surface area contributed by atoms with Crippen molar-refractivity contribution in [1.82, 2.24) is 9.88 Å². The standard InChI is InChI=1S/C26H33N3O6S/c1-18-14-20(16-27-24(18)36(5,31)32)29-11-13-34-23-7-6-21(15-22(23)29)33-12-9-19-8-10-28(17-19)25(30)35-26(2,3)4/h6-7,9,12,14-16,19H,8,10-11,13,17H2,1-5H3/b12-9+. The van der Waals surface area contributed by atoms with Gasteiger partial charge in [0.15, 0.2) is 14.9 Å². The van der Waals surface area contributed by atoms with Gasteiger partial charge >= 0.3 is 6.09 Å². The Balaban J connectivity index is 1.44. The number of carbonyl (C=O) groups is 1. The Morgan fingerprint density at radius 3 is 2.69 bits per heavy atom. The number of aryl methyl sites for hydroxylation is 1. The van der Waals surface area contributed by atoms with Crippen molar-refractivity contribution in [1.29, 1.82) is 0 Å². The summed E-state index contributed by atoms with van der Waals surface area (Å²) >= 11 is 0. The SMILES string of the molecule is Cc1cc(N2CCOc3ccc(O/C=C/C4CCN(C(=O)OC(C)(C)C)C4)cc32)cnc1S(C)(=O)=O. The van der Waals surface area contributed by atoms with Crippen LogP contribution in [0.3, 0.4) is 0 Å². The second-order valence-electron chi connectivity index (χ2n) is 10.1. The summed E-state index contributed by atoms with van der Waals surface area (Å²) in [5.41, 5.74) is 1.68. The summed E-state index contributed by atoms with van der Waals surface area (Å²) in [7, 11) is -3.39. The number of pyridine rings is 1. The van der Waals surface area contributed by atoms with E-state index in [9.17, 15) is 13.2 Å². The van der Waals surface area contributed by atoms with Gasteiger partial charge in [0, 0.05) is 25.4 Å². The van der Waals surface area contributed by atoms with E-state index in [-0.39, 0.29) is 17.0 Å². The predicted molar refractivity (Wildman–Crippen MR) is 137 cm³/mol. The molecule has 0 saturated carbocycles. The van der Waals surface area contributed by atoms with E-state index in [1.807, 2.05) is 56.0 Å². The molecule has 1 amide bonds. The average Bonchev–Trinajstić information content (AvgIpc) is 3.26. The molecule has 2 aliphatic heterocycles. The van der Waals surface area contributed by atoms with E-state index in [0.29, 0.717) is 43.3 Å². The second-order valence-corrected chi connectivity index (χ2v) is 12.1. The molecule has 4 rings (SSSR count). The van der Waals surface area contributed by atoms with E-state index in [1.54, 1.807) is 24.3 Å². The zero-order valence-corrected chi connectivity index (χ0v) is 22.2. The Bertz CT molecular complexity index is 1270. The summed E-state index contributed by atoms with van der Waals surface area (Å²) in [5, 5.41) is 0.0825. The number of nitrogens with zero attached hydrogens (tertiary/aromatic N) is 3. The maximum Gasteiger partial charge on any atom is 0.410 e. The Kier molecular flexibility index (Phi) is 7.17. The van der Waals surface area contributed by atoms with Gasteiger partial charge in [-0.25, -0.2) is 18.2 Å². The zero-order valence-electron chi connectivity index (χ0n) is 21.4. The molecule has 1 aromatic carbocycles. The van der Waals surface area contributed by atoms with Crippen molar-refractivity contribution in [3.05, 3.63) is 48.4 Å². The third-order valence-electron chi connectivity index (χ3n) is 5.90. The van der Waals surface area contributed by atoms with Gasteiger partial charge in [-0.15, -0.1) is 0 Å². The fourth-order valence-electron chi connectivity index (χ4n) is 4.29. The molecule has 2 aromatic rings. The number of anilines is 2. The van der Waals surface area contributed by atoms with Crippen LogP contribution in [-0.2, 0) is 14.6 Å². The van der Waals surface area contributed by atoms with Crippen LogP contribution in [0.4, 0.5) is 16.2 Å². The highest BCUT2D eigenvalue weighted by atomic mass is 32.2. The lowest BCUT2D eigenvalue weighted by atomic mass is 10.1. The van der Waals surface area contributed by atoms with Gasteiger partial charge in [0.25, 0.3) is 0 Å². The molecule has 1 aromatic heterocycles. The number of benzene rings is 1. The normalized spacial score (nSPS) is 18.2. The first kappa shape index (κ1) is 25.8. The number of hydrogen-bond donors (Lipinski definition) is 0. The van der Waals surface area contributed by atoms with Crippen LogP contribution in [0.2, 0.25) is 0 Å². The minimum atomic E-state index is -3.39. The summed E-state index contributed by atoms with van der Waals surface area (Å²) in [6.45, 7) is 9.66. The monoisotopic (exact) mass is 515 g/mol. The fourth-order valence-corrected chi connectivity index (χ4v) is 5.18. The van der Waals surface area contributed by atoms with E-state index in [2.05, 4.69) is 4.98 Å². The highest BCUT2D eigenvalue weighted by molar-refractivity contribution is 7.90. The number of amides is 1. The van der Waals surface area contributed by atoms with Crippen LogP contribution in [0.25, 0.3) is 0 Å². The van der Waals surface area contributed by atoms with E-state index in [0.717, 1.165) is 24.1 Å². The molecule has 0 spiro atoms. The highest BCUT2D eigenvalue weighted by Crippen LogP contribution is 2.39. The summed E-state index contributed by atoms with van der Waals surface area (Å²) in [6.07, 6.45) is 6.91. The molecular weight excluding hydrogens is 482 g/mol. The van der Waals surface area contributed by atoms with Crippen molar-refractivity contribution in [2.75, 3.05) is 37.4 Å². The molecule has 1 saturated heterocycles. The van der Waals surface area contributed by atoms with Crippen LogP contribution >= 0.6 is 0 Å². The smallest absolute Gasteiger partial charge is 0.410 e. The Hall–Kier alpha value is -3.27. The molecule has 0 bridgehead atoms. The first-order valence-electron chi connectivity index (χ1n) is 11.9. The lowest BCUT2D eigenvalue weighted by Gasteiger charge is -2.31. The number of hydrogen-bond acceptors (Lipinski definition) is 8. The molecule has 9 nitrogen and oxygen atoms in total. The number of rotatable bonds is 5. The molecular formula is C26H33N3O6S. The molecule has 2 aliphatic rings. The quantitative estimate of drug-likeness (QED) is 0.538. The first-order chi connectivity index (χ1) is 16.9. The molecule has 0 N–H and O–H groups in total. The minimum Gasteiger partial charge on any atom is -0.490 e. The van der Waals surface area contributed by atoms with Gasteiger partial charge in [0.2, 0.25) is 0 Å². The second kappa shape index (κ2) is 10.0. The van der Waals surface area contributed by atoms with Crippen molar-refractivity contribution >= 4 is 27.3 Å². The van der Waals surface area contributed by atoms with E-state index in [1.165, 1.54) is 0 Å². The van der Waals surface area contributed by atoms with Crippen LogP contribution in [0.15, 0.2) is 47.8 Å². The van der Waals surface area contributed by atoms with Gasteiger partial charge in [-0.2, -0.15) is 0 Å². The van der Waals surface area contributed by atoms with Crippen LogP contribution in [-0.4, -0.2) is 62.5 Å². The topological polar surface area (TPSA) is 98.3 Å². The van der Waals surface area contributed by atoms with Crippen LogP contribution in [0.1, 0.15) is 32.8 Å². The molecule has 10 heteroatoms. The van der Waals surface area contributed by atoms with Crippen molar-refractivity contribution in [3.8, 4) is 11.5 Å². The zero-order chi connectivity index (χ0) is 26.1. The van der Waals surface area contributed by atoms with Crippen LogP contribution < -0.4 is 14.4 Å². The van der Waals surface area contributed by atoms with Crippen molar-refractivity contribution < 1.29 is 27.4 Å². The summed E-state index contributed by atoms with van der Waals surface area (Å²) in [5.74, 6) is 1.54. The Morgan fingerprint density at radius 1 is 1.22 bits per heavy atom. The number of fused-ring (bicyclic) bond motifs is 1. The van der Waals surface area contributed by atoms with E-state index in [4.69, 9.17) is 14.2 Å². The number of likely N-dealkylation sites (tertiary alicyclic amines) is 1. The van der Waals surface area contributed by atoms with Crippen molar-refractivity contribution in [2.24, 2.45) is 5.92 Å².